The first-order valence-corrected chi connectivity index (χ1v) is 17.1. The molecule has 2 aliphatic rings. The second kappa shape index (κ2) is 14.4. The standard InChI is InChI=1S/C46H34N4O.Zn/c1-51-29-30-17-19-34(20-18-30)46-41-27-25-39(49-41)44(32-13-7-3-8-14-32)37-23-21-35(47-37)43(31-11-5-2-6-12-31)36-22-24-38(48-36)45(33-15-9-4-10-16-33)40-26-28-42(46)50-40;/h2-28,47,50H,29H2,1H3;/q;+2. The third kappa shape index (κ3) is 6.17. The predicted octanol–water partition coefficient (Wildman–Crippen LogP) is 11.5. The van der Waals surface area contributed by atoms with Crippen molar-refractivity contribution in [3.63, 3.8) is 0 Å². The molecule has 0 saturated carbocycles. The molecule has 0 amide bonds. The predicted molar refractivity (Wildman–Crippen MR) is 211 cm³/mol. The molecule has 3 aromatic heterocycles. The van der Waals surface area contributed by atoms with Gasteiger partial charge in [0.1, 0.15) is 0 Å². The molecule has 52 heavy (non-hydrogen) atoms. The molecule has 5 nitrogen and oxygen atoms in total. The largest absolute Gasteiger partial charge is 2.00 e. The van der Waals surface area contributed by atoms with E-state index in [-0.39, 0.29) is 19.5 Å². The van der Waals surface area contributed by atoms with Crippen molar-refractivity contribution in [1.82, 2.24) is 19.9 Å². The fraction of sp³-hybridized carbons (Fsp3) is 0.0435. The molecule has 6 heteroatoms. The molecular formula is C46H34N4OZn+2. The zero-order valence-corrected chi connectivity index (χ0v) is 31.8. The van der Waals surface area contributed by atoms with Gasteiger partial charge in [0.25, 0.3) is 0 Å². The fourth-order valence-electron chi connectivity index (χ4n) is 7.17. The first kappa shape index (κ1) is 33.2. The van der Waals surface area contributed by atoms with Crippen LogP contribution in [0.4, 0.5) is 0 Å². The van der Waals surface area contributed by atoms with Crippen molar-refractivity contribution in [2.75, 3.05) is 7.11 Å². The van der Waals surface area contributed by atoms with Crippen LogP contribution in [0, 0.1) is 0 Å². The first-order chi connectivity index (χ1) is 25.2. The SMILES string of the molecule is COCc1ccc(-c2c3nc(c(-c4ccccc4)c4ccc([nH]4)c(-c4ccccc4)c4nc(c(-c5ccccc5)c5ccc2[nH]5)C=C4)C=C3)cc1.[Zn+2]. The molecular weight excluding hydrogens is 690 g/mol. The van der Waals surface area contributed by atoms with Gasteiger partial charge in [0.05, 0.1) is 29.4 Å². The van der Waals surface area contributed by atoms with Gasteiger partial charge >= 0.3 is 19.5 Å². The summed E-state index contributed by atoms with van der Waals surface area (Å²) < 4.78 is 5.41. The number of nitrogens with one attached hydrogen (secondary N) is 2. The number of hydrogen-bond acceptors (Lipinski definition) is 3. The van der Waals surface area contributed by atoms with Crippen LogP contribution in [0.3, 0.4) is 0 Å². The van der Waals surface area contributed by atoms with Gasteiger partial charge in [-0.25, -0.2) is 9.97 Å². The molecule has 0 unspecified atom stereocenters. The number of H-pyrrole nitrogens is 2. The minimum atomic E-state index is 0. The maximum absolute atomic E-state index is 5.41. The van der Waals surface area contributed by atoms with Crippen molar-refractivity contribution in [3.05, 3.63) is 168 Å². The van der Waals surface area contributed by atoms with Crippen LogP contribution in [0.2, 0.25) is 0 Å². The average molecular weight is 724 g/mol. The van der Waals surface area contributed by atoms with Crippen LogP contribution >= 0.6 is 0 Å². The van der Waals surface area contributed by atoms with E-state index in [4.69, 9.17) is 14.7 Å². The zero-order valence-electron chi connectivity index (χ0n) is 28.8. The maximum Gasteiger partial charge on any atom is 2.00 e. The van der Waals surface area contributed by atoms with Crippen molar-refractivity contribution in [2.24, 2.45) is 0 Å². The van der Waals surface area contributed by atoms with Gasteiger partial charge in [0.2, 0.25) is 0 Å². The van der Waals surface area contributed by atoms with Gasteiger partial charge in [-0.1, -0.05) is 115 Å². The van der Waals surface area contributed by atoms with E-state index in [2.05, 4.69) is 156 Å². The summed E-state index contributed by atoms with van der Waals surface area (Å²) in [5.41, 5.74) is 17.1. The Morgan fingerprint density at radius 1 is 0.404 bits per heavy atom. The molecule has 0 saturated heterocycles. The summed E-state index contributed by atoms with van der Waals surface area (Å²) in [6.07, 6.45) is 8.53. The molecule has 8 bridgehead atoms. The van der Waals surface area contributed by atoms with E-state index in [0.717, 1.165) is 94.9 Å². The molecule has 0 atom stereocenters. The molecule has 0 radical (unpaired) electrons. The van der Waals surface area contributed by atoms with Gasteiger partial charge in [-0.2, -0.15) is 0 Å². The van der Waals surface area contributed by atoms with Crippen molar-refractivity contribution in [2.45, 2.75) is 6.61 Å². The summed E-state index contributed by atoms with van der Waals surface area (Å²) in [6, 6.07) is 48.7. The van der Waals surface area contributed by atoms with Crippen LogP contribution in [0.1, 0.15) is 28.3 Å². The van der Waals surface area contributed by atoms with Crippen LogP contribution in [0.25, 0.3) is 90.9 Å². The monoisotopic (exact) mass is 722 g/mol. The molecule has 2 N–H and O–H groups in total. The number of ether oxygens (including phenoxy) is 1. The summed E-state index contributed by atoms with van der Waals surface area (Å²) in [7, 11) is 1.72. The van der Waals surface area contributed by atoms with Crippen LogP contribution in [0.15, 0.2) is 140 Å². The quantitative estimate of drug-likeness (QED) is 0.168. The third-order valence-electron chi connectivity index (χ3n) is 9.49. The van der Waals surface area contributed by atoms with E-state index in [1.807, 2.05) is 18.2 Å². The summed E-state index contributed by atoms with van der Waals surface area (Å²) in [4.78, 5) is 18.4. The molecule has 0 aliphatic carbocycles. The fourth-order valence-corrected chi connectivity index (χ4v) is 7.17. The van der Waals surface area contributed by atoms with Gasteiger partial charge in [-0.15, -0.1) is 0 Å². The number of hydrogen-bond donors (Lipinski definition) is 2. The topological polar surface area (TPSA) is 66.6 Å². The molecule has 5 heterocycles. The van der Waals surface area contributed by atoms with Gasteiger partial charge in [-0.3, -0.25) is 0 Å². The third-order valence-corrected chi connectivity index (χ3v) is 9.49. The van der Waals surface area contributed by atoms with Gasteiger partial charge in [-0.05, 0) is 76.4 Å². The number of aromatic nitrogens is 4. The first-order valence-electron chi connectivity index (χ1n) is 17.1. The van der Waals surface area contributed by atoms with Crippen LogP contribution < -0.4 is 0 Å². The van der Waals surface area contributed by atoms with E-state index < -0.39 is 0 Å². The molecule has 7 aromatic rings. The normalized spacial score (nSPS) is 11.8. The summed E-state index contributed by atoms with van der Waals surface area (Å²) >= 11 is 0. The van der Waals surface area contributed by atoms with Crippen molar-refractivity contribution < 1.29 is 24.2 Å². The van der Waals surface area contributed by atoms with Crippen LogP contribution in [-0.4, -0.2) is 27.0 Å². The molecule has 0 fully saturated rings. The van der Waals surface area contributed by atoms with E-state index in [0.29, 0.717) is 6.61 Å². The minimum absolute atomic E-state index is 0. The Kier molecular flexibility index (Phi) is 9.17. The van der Waals surface area contributed by atoms with Crippen LogP contribution in [-0.2, 0) is 30.8 Å². The van der Waals surface area contributed by atoms with Gasteiger partial charge in [0.15, 0.2) is 0 Å². The minimum Gasteiger partial charge on any atom is -0.380 e. The molecule has 2 aliphatic heterocycles. The Morgan fingerprint density at radius 3 is 1.02 bits per heavy atom. The molecule has 244 valence electrons. The number of methoxy groups -OCH3 is 1. The number of rotatable bonds is 6. The number of aromatic amines is 2. The van der Waals surface area contributed by atoms with Gasteiger partial charge in [0, 0.05) is 51.4 Å². The summed E-state index contributed by atoms with van der Waals surface area (Å²) in [5, 5.41) is 0. The number of benzene rings is 4. The Hall–Kier alpha value is -5.94. The zero-order chi connectivity index (χ0) is 34.1. The average Bonchev–Trinajstić information content (AvgIpc) is 4.02. The second-order valence-corrected chi connectivity index (χ2v) is 12.7. The Balaban J connectivity index is 0.00000387. The van der Waals surface area contributed by atoms with E-state index in [9.17, 15) is 0 Å². The Labute approximate surface area is 315 Å². The number of fused-ring (bicyclic) bond motifs is 8. The van der Waals surface area contributed by atoms with E-state index in [1.165, 1.54) is 0 Å². The summed E-state index contributed by atoms with van der Waals surface area (Å²) in [6.45, 7) is 0.558. The van der Waals surface area contributed by atoms with Crippen molar-refractivity contribution in [1.29, 1.82) is 0 Å². The second-order valence-electron chi connectivity index (χ2n) is 12.7. The Morgan fingerprint density at radius 2 is 0.712 bits per heavy atom. The molecule has 4 aromatic carbocycles. The van der Waals surface area contributed by atoms with E-state index >= 15 is 0 Å². The van der Waals surface area contributed by atoms with Crippen molar-refractivity contribution in [3.8, 4) is 44.5 Å². The smallest absolute Gasteiger partial charge is 0.380 e. The van der Waals surface area contributed by atoms with Crippen LogP contribution in [0.5, 0.6) is 0 Å². The number of nitrogens with zero attached hydrogens (tertiary/aromatic N) is 2. The van der Waals surface area contributed by atoms with Gasteiger partial charge < -0.3 is 14.7 Å². The summed E-state index contributed by atoms with van der Waals surface area (Å²) in [5.74, 6) is 0. The maximum atomic E-state index is 5.41. The van der Waals surface area contributed by atoms with E-state index in [1.54, 1.807) is 7.11 Å². The molecule has 9 rings (SSSR count). The van der Waals surface area contributed by atoms with Crippen molar-refractivity contribution >= 4 is 46.4 Å². The Bertz CT molecular complexity index is 2580. The molecule has 0 spiro atoms.